The van der Waals surface area contributed by atoms with Crippen molar-refractivity contribution in [2.45, 2.75) is 44.9 Å². The van der Waals surface area contributed by atoms with E-state index in [1.807, 2.05) is 6.92 Å². The summed E-state index contributed by atoms with van der Waals surface area (Å²) in [5.74, 6) is -3.78. The van der Waals surface area contributed by atoms with E-state index in [2.05, 4.69) is 11.9 Å². The molecule has 2 saturated heterocycles. The Bertz CT molecular complexity index is 373. The summed E-state index contributed by atoms with van der Waals surface area (Å²) in [6, 6.07) is 0. The van der Waals surface area contributed by atoms with E-state index in [0.717, 1.165) is 0 Å². The lowest BCUT2D eigenvalue weighted by molar-refractivity contribution is -0.156. The molecule has 1 amide bonds. The summed E-state index contributed by atoms with van der Waals surface area (Å²) in [5, 5.41) is 2.47. The van der Waals surface area contributed by atoms with Crippen LogP contribution in [0.4, 0.5) is 8.78 Å². The molecule has 0 saturated carbocycles. The van der Waals surface area contributed by atoms with Crippen molar-refractivity contribution in [1.29, 1.82) is 0 Å². The molecular formula is C12H18F2N2O2. The van der Waals surface area contributed by atoms with Gasteiger partial charge in [-0.15, -0.1) is 0 Å². The third-order valence-corrected chi connectivity index (χ3v) is 3.69. The molecule has 0 unspecified atom stereocenters. The minimum absolute atomic E-state index is 0.181. The van der Waals surface area contributed by atoms with Crippen LogP contribution >= 0.6 is 0 Å². The summed E-state index contributed by atoms with van der Waals surface area (Å²) < 4.78 is 33.8. The van der Waals surface area contributed by atoms with Crippen LogP contribution in [0.15, 0.2) is 12.4 Å². The van der Waals surface area contributed by atoms with Gasteiger partial charge in [-0.3, -0.25) is 4.79 Å². The highest BCUT2D eigenvalue weighted by atomic mass is 19.3. The van der Waals surface area contributed by atoms with Gasteiger partial charge in [0.05, 0.1) is 12.0 Å². The second-order valence-corrected chi connectivity index (χ2v) is 4.84. The van der Waals surface area contributed by atoms with E-state index in [1.165, 1.54) is 11.8 Å². The van der Waals surface area contributed by atoms with Gasteiger partial charge in [0.15, 0.2) is 6.23 Å². The third kappa shape index (κ3) is 1.98. The average molecular weight is 260 g/mol. The summed E-state index contributed by atoms with van der Waals surface area (Å²) >= 11 is 0. The smallest absolute Gasteiger partial charge is 0.296 e. The molecular weight excluding hydrogens is 242 g/mol. The normalized spacial score (nSPS) is 35.8. The molecule has 0 radical (unpaired) electrons. The highest BCUT2D eigenvalue weighted by molar-refractivity contribution is 5.78. The number of nitrogens with zero attached hydrogens (tertiary/aromatic N) is 1. The largest absolute Gasteiger partial charge is 0.348 e. The van der Waals surface area contributed by atoms with E-state index < -0.39 is 24.2 Å². The van der Waals surface area contributed by atoms with Gasteiger partial charge in [0.2, 0.25) is 5.91 Å². The Labute approximate surface area is 105 Å². The number of alkyl halides is 2. The number of hydrogen-bond acceptors (Lipinski definition) is 3. The van der Waals surface area contributed by atoms with Gasteiger partial charge in [-0.25, -0.2) is 8.78 Å². The van der Waals surface area contributed by atoms with Crippen LogP contribution in [0.1, 0.15) is 26.7 Å². The van der Waals surface area contributed by atoms with Gasteiger partial charge in [0, 0.05) is 13.0 Å². The monoisotopic (exact) mass is 260 g/mol. The number of carbonyl (C=O) groups excluding carboxylic acids is 1. The summed E-state index contributed by atoms with van der Waals surface area (Å²) in [6.45, 7) is 7.15. The zero-order valence-electron chi connectivity index (χ0n) is 10.6. The maximum atomic E-state index is 14.2. The van der Waals surface area contributed by atoms with Crippen molar-refractivity contribution in [3.05, 3.63) is 12.4 Å². The van der Waals surface area contributed by atoms with Gasteiger partial charge in [0.25, 0.3) is 5.92 Å². The number of amides is 1. The van der Waals surface area contributed by atoms with Gasteiger partial charge >= 0.3 is 0 Å². The van der Waals surface area contributed by atoms with Crippen molar-refractivity contribution < 1.29 is 18.3 Å². The molecule has 0 aromatic heterocycles. The van der Waals surface area contributed by atoms with Crippen LogP contribution in [0, 0.1) is 5.92 Å². The Kier molecular flexibility index (Phi) is 3.31. The summed E-state index contributed by atoms with van der Waals surface area (Å²) in [7, 11) is 0. The molecule has 0 aromatic rings. The molecule has 2 aliphatic rings. The zero-order chi connectivity index (χ0) is 13.5. The van der Waals surface area contributed by atoms with Gasteiger partial charge in [0.1, 0.15) is 5.82 Å². The van der Waals surface area contributed by atoms with Gasteiger partial charge in [-0.05, 0) is 6.42 Å². The summed E-state index contributed by atoms with van der Waals surface area (Å²) in [6.07, 6.45) is -1.07. The fraction of sp³-hybridized carbons (Fsp3) is 0.750. The minimum Gasteiger partial charge on any atom is -0.348 e. The van der Waals surface area contributed by atoms with Crippen molar-refractivity contribution in [3.8, 4) is 0 Å². The van der Waals surface area contributed by atoms with E-state index in [0.29, 0.717) is 6.42 Å². The van der Waals surface area contributed by atoms with Crippen LogP contribution in [-0.4, -0.2) is 35.6 Å². The van der Waals surface area contributed by atoms with Crippen LogP contribution < -0.4 is 5.32 Å². The quantitative estimate of drug-likeness (QED) is 0.821. The molecule has 0 aliphatic carbocycles. The zero-order valence-corrected chi connectivity index (χ0v) is 10.6. The Morgan fingerprint density at radius 1 is 1.61 bits per heavy atom. The first-order valence-electron chi connectivity index (χ1n) is 6.16. The lowest BCUT2D eigenvalue weighted by atomic mass is 9.97. The predicted molar refractivity (Wildman–Crippen MR) is 61.7 cm³/mol. The molecule has 2 rings (SSSR count). The standard InChI is InChI=1S/C12H18F2N2O2/c1-4-9-7(2)12(13,14)11(18-9)16-6-5-10(17)15-8(16)3/h7,9,11H,3-6H2,1-2H3,(H,15,17)/t7-,9-,11-/m1/s1. The molecule has 18 heavy (non-hydrogen) atoms. The lowest BCUT2D eigenvalue weighted by Gasteiger charge is -2.37. The Morgan fingerprint density at radius 2 is 2.28 bits per heavy atom. The summed E-state index contributed by atoms with van der Waals surface area (Å²) in [5.41, 5.74) is 0. The average Bonchev–Trinajstić information content (AvgIpc) is 2.52. The number of ether oxygens (including phenoxy) is 1. The van der Waals surface area contributed by atoms with E-state index >= 15 is 0 Å². The lowest BCUT2D eigenvalue weighted by Crippen LogP contribution is -2.53. The third-order valence-electron chi connectivity index (χ3n) is 3.69. The van der Waals surface area contributed by atoms with Crippen molar-refractivity contribution >= 4 is 5.91 Å². The molecule has 4 nitrogen and oxygen atoms in total. The maximum absolute atomic E-state index is 14.2. The first-order valence-corrected chi connectivity index (χ1v) is 6.16. The number of halogens is 2. The Balaban J connectivity index is 2.18. The molecule has 6 heteroatoms. The van der Waals surface area contributed by atoms with Crippen molar-refractivity contribution in [3.63, 3.8) is 0 Å². The number of rotatable bonds is 2. The Morgan fingerprint density at radius 3 is 2.78 bits per heavy atom. The van der Waals surface area contributed by atoms with Crippen LogP contribution in [0.5, 0.6) is 0 Å². The van der Waals surface area contributed by atoms with Crippen molar-refractivity contribution in [2.75, 3.05) is 6.54 Å². The molecule has 102 valence electrons. The fourth-order valence-corrected chi connectivity index (χ4v) is 2.49. The van der Waals surface area contributed by atoms with Crippen molar-refractivity contribution in [1.82, 2.24) is 10.2 Å². The molecule has 2 fully saturated rings. The van der Waals surface area contributed by atoms with E-state index in [4.69, 9.17) is 4.74 Å². The predicted octanol–water partition coefficient (Wildman–Crippen LogP) is 1.69. The molecule has 2 aliphatic heterocycles. The first kappa shape index (κ1) is 13.3. The SMILES string of the molecule is C=C1NC(=O)CCN1[C@@H]1O[C@H](CC)[C@@H](C)C1(F)F. The molecule has 0 bridgehead atoms. The van der Waals surface area contributed by atoms with E-state index in [1.54, 1.807) is 0 Å². The van der Waals surface area contributed by atoms with Crippen LogP contribution in [0.2, 0.25) is 0 Å². The van der Waals surface area contributed by atoms with Crippen LogP contribution in [0.3, 0.4) is 0 Å². The summed E-state index contributed by atoms with van der Waals surface area (Å²) in [4.78, 5) is 12.5. The molecule has 3 atom stereocenters. The second-order valence-electron chi connectivity index (χ2n) is 4.84. The topological polar surface area (TPSA) is 41.6 Å². The Hall–Kier alpha value is -1.17. The van der Waals surface area contributed by atoms with Gasteiger partial charge in [-0.1, -0.05) is 20.4 Å². The van der Waals surface area contributed by atoms with Gasteiger partial charge in [-0.2, -0.15) is 0 Å². The van der Waals surface area contributed by atoms with Crippen LogP contribution in [0.25, 0.3) is 0 Å². The van der Waals surface area contributed by atoms with E-state index in [9.17, 15) is 13.6 Å². The molecule has 2 heterocycles. The highest BCUT2D eigenvalue weighted by Gasteiger charge is 2.58. The number of hydrogen-bond donors (Lipinski definition) is 1. The highest BCUT2D eigenvalue weighted by Crippen LogP contribution is 2.44. The number of nitrogens with one attached hydrogen (secondary N) is 1. The minimum atomic E-state index is -2.94. The van der Waals surface area contributed by atoms with E-state index in [-0.39, 0.29) is 24.7 Å². The van der Waals surface area contributed by atoms with Crippen molar-refractivity contribution in [2.24, 2.45) is 5.92 Å². The van der Waals surface area contributed by atoms with Crippen LogP contribution in [-0.2, 0) is 9.53 Å². The molecule has 0 spiro atoms. The van der Waals surface area contributed by atoms with Gasteiger partial charge < -0.3 is 15.0 Å². The maximum Gasteiger partial charge on any atom is 0.296 e. The second kappa shape index (κ2) is 4.50. The number of carbonyl (C=O) groups is 1. The molecule has 0 aromatic carbocycles. The fourth-order valence-electron chi connectivity index (χ4n) is 2.49. The molecule has 1 N–H and O–H groups in total. The first-order chi connectivity index (χ1) is 8.37.